The molecule has 1 unspecified atom stereocenters. The number of aromatic nitrogens is 1. The van der Waals surface area contributed by atoms with Gasteiger partial charge in [0.15, 0.2) is 0 Å². The van der Waals surface area contributed by atoms with Gasteiger partial charge < -0.3 is 23.5 Å². The summed E-state index contributed by atoms with van der Waals surface area (Å²) < 4.78 is 23.1. The number of methoxy groups -OCH3 is 1. The van der Waals surface area contributed by atoms with Crippen molar-refractivity contribution in [3.05, 3.63) is 131 Å². The van der Waals surface area contributed by atoms with Crippen LogP contribution in [0.5, 0.6) is 5.75 Å². The molecule has 2 aliphatic rings. The van der Waals surface area contributed by atoms with Gasteiger partial charge in [0.05, 0.1) is 26.0 Å². The van der Waals surface area contributed by atoms with Gasteiger partial charge in [-0.25, -0.2) is 9.78 Å². The highest BCUT2D eigenvalue weighted by Gasteiger charge is 2.36. The van der Waals surface area contributed by atoms with Crippen molar-refractivity contribution in [2.24, 2.45) is 0 Å². The molecule has 1 fully saturated rings. The van der Waals surface area contributed by atoms with Gasteiger partial charge in [-0.1, -0.05) is 78.9 Å². The van der Waals surface area contributed by atoms with E-state index >= 15 is 0 Å². The molecule has 1 amide bonds. The number of piperazine rings is 1. The van der Waals surface area contributed by atoms with Gasteiger partial charge in [0.2, 0.25) is 5.89 Å². The summed E-state index contributed by atoms with van der Waals surface area (Å²) in [6.45, 7) is 4.19. The van der Waals surface area contributed by atoms with Gasteiger partial charge in [-0.05, 0) is 59.0 Å². The van der Waals surface area contributed by atoms with Crippen LogP contribution in [0.15, 0.2) is 108 Å². The lowest BCUT2D eigenvalue weighted by molar-refractivity contribution is -0.149. The molecule has 1 aromatic heterocycles. The zero-order valence-corrected chi connectivity index (χ0v) is 27.7. The molecule has 9 heteroatoms. The van der Waals surface area contributed by atoms with Crippen LogP contribution in [0.3, 0.4) is 0 Å². The lowest BCUT2D eigenvalue weighted by Crippen LogP contribution is -2.57. The molecule has 0 saturated carbocycles. The Bertz CT molecular complexity index is 1890. The predicted octanol–water partition coefficient (Wildman–Crippen LogP) is 6.88. The summed E-state index contributed by atoms with van der Waals surface area (Å²) in [7, 11) is 1.38. The molecule has 5 aromatic rings. The fourth-order valence-corrected chi connectivity index (χ4v) is 6.82. The number of carbonyl (C=O) groups is 2. The number of fused-ring (bicyclic) bond motifs is 3. The normalized spacial score (nSPS) is 15.8. The molecule has 0 radical (unpaired) electrons. The second-order valence-electron chi connectivity index (χ2n) is 12.4. The van der Waals surface area contributed by atoms with Gasteiger partial charge in [0.1, 0.15) is 24.2 Å². The molecule has 9 nitrogen and oxygen atoms in total. The summed E-state index contributed by atoms with van der Waals surface area (Å²) >= 11 is 0. The van der Waals surface area contributed by atoms with E-state index in [0.717, 1.165) is 39.5 Å². The third-order valence-electron chi connectivity index (χ3n) is 9.36. The van der Waals surface area contributed by atoms with Gasteiger partial charge >= 0.3 is 12.1 Å². The highest BCUT2D eigenvalue weighted by Crippen LogP contribution is 2.44. The number of hydrogen-bond donors (Lipinski definition) is 0. The minimum Gasteiger partial charge on any atom is -0.493 e. The van der Waals surface area contributed by atoms with Crippen LogP contribution in [0.25, 0.3) is 22.6 Å². The topological polar surface area (TPSA) is 94.3 Å². The molecule has 0 N–H and O–H groups in total. The first-order valence-corrected chi connectivity index (χ1v) is 16.6. The zero-order valence-electron chi connectivity index (χ0n) is 27.7. The molecular formula is C40H39N3O6. The molecule has 49 heavy (non-hydrogen) atoms. The number of carbonyl (C=O) groups excluding carboxylic acids is 2. The Kier molecular flexibility index (Phi) is 9.43. The Balaban J connectivity index is 0.949. The predicted molar refractivity (Wildman–Crippen MR) is 185 cm³/mol. The Morgan fingerprint density at radius 1 is 0.878 bits per heavy atom. The van der Waals surface area contributed by atoms with Crippen LogP contribution >= 0.6 is 0 Å². The Labute approximate surface area is 286 Å². The Morgan fingerprint density at radius 3 is 2.33 bits per heavy atom. The second-order valence-corrected chi connectivity index (χ2v) is 12.4. The fraction of sp³-hybridized carbons (Fsp3) is 0.275. The maximum atomic E-state index is 13.3. The monoisotopic (exact) mass is 657 g/mol. The summed E-state index contributed by atoms with van der Waals surface area (Å²) in [5.74, 6) is 1.70. The molecule has 250 valence electrons. The maximum Gasteiger partial charge on any atom is 0.409 e. The van der Waals surface area contributed by atoms with E-state index in [1.807, 2.05) is 90.7 Å². The van der Waals surface area contributed by atoms with E-state index in [0.29, 0.717) is 38.6 Å². The van der Waals surface area contributed by atoms with Crippen molar-refractivity contribution in [1.29, 1.82) is 0 Å². The number of hydrogen-bond acceptors (Lipinski definition) is 8. The van der Waals surface area contributed by atoms with E-state index in [2.05, 4.69) is 29.2 Å². The highest BCUT2D eigenvalue weighted by molar-refractivity contribution is 5.80. The second kappa shape index (κ2) is 14.4. The SMILES string of the molecule is COC(=O)C1CN(C(=O)OCC2c3ccccc3-c3ccccc32)CCN1Cc1cccc(OCCc2nc(-c3ccccc3)oc2C)c1. The fourth-order valence-electron chi connectivity index (χ4n) is 6.82. The third-order valence-corrected chi connectivity index (χ3v) is 9.36. The molecule has 0 spiro atoms. The summed E-state index contributed by atoms with van der Waals surface area (Å²) in [5, 5.41) is 0. The number of esters is 1. The van der Waals surface area contributed by atoms with Crippen molar-refractivity contribution in [3.63, 3.8) is 0 Å². The van der Waals surface area contributed by atoms with Crippen LogP contribution in [-0.4, -0.2) is 72.8 Å². The number of oxazole rings is 1. The molecule has 0 bridgehead atoms. The molecule has 1 aliphatic carbocycles. The van der Waals surface area contributed by atoms with Crippen molar-refractivity contribution in [2.45, 2.75) is 31.8 Å². The van der Waals surface area contributed by atoms with Crippen LogP contribution in [-0.2, 0) is 27.2 Å². The van der Waals surface area contributed by atoms with Crippen LogP contribution in [0.4, 0.5) is 4.79 Å². The van der Waals surface area contributed by atoms with Crippen LogP contribution in [0.2, 0.25) is 0 Å². The molecule has 1 atom stereocenters. The summed E-state index contributed by atoms with van der Waals surface area (Å²) in [5.41, 5.74) is 7.46. The Morgan fingerprint density at radius 2 is 1.59 bits per heavy atom. The standard InChI is InChI=1S/C40H39N3O6/c1-27-36(41-38(49-27)29-12-4-3-5-13-29)19-22-47-30-14-10-11-28(23-30)24-42-20-21-43(25-37(42)39(44)46-2)40(45)48-26-35-33-17-8-6-15-31(33)32-16-7-9-18-34(32)35/h3-18,23,35,37H,19-22,24-26H2,1-2H3. The molecule has 4 aromatic carbocycles. The first-order valence-electron chi connectivity index (χ1n) is 16.6. The first kappa shape index (κ1) is 32.2. The van der Waals surface area contributed by atoms with Gasteiger partial charge in [-0.3, -0.25) is 9.69 Å². The maximum absolute atomic E-state index is 13.3. The van der Waals surface area contributed by atoms with Crippen molar-refractivity contribution >= 4 is 12.1 Å². The van der Waals surface area contributed by atoms with Crippen LogP contribution in [0.1, 0.15) is 34.1 Å². The smallest absolute Gasteiger partial charge is 0.409 e. The number of benzene rings is 4. The summed E-state index contributed by atoms with van der Waals surface area (Å²) in [6, 6.07) is 33.6. The van der Waals surface area contributed by atoms with Crippen LogP contribution < -0.4 is 4.74 Å². The van der Waals surface area contributed by atoms with Crippen molar-refractivity contribution in [3.8, 4) is 28.3 Å². The molecule has 7 rings (SSSR count). The van der Waals surface area contributed by atoms with Gasteiger partial charge in [-0.2, -0.15) is 0 Å². The minimum atomic E-state index is -0.627. The van der Waals surface area contributed by atoms with E-state index in [-0.39, 0.29) is 25.0 Å². The van der Waals surface area contributed by atoms with Crippen molar-refractivity contribution < 1.29 is 28.2 Å². The third kappa shape index (κ3) is 6.93. The van der Waals surface area contributed by atoms with Gasteiger partial charge in [-0.15, -0.1) is 0 Å². The quantitative estimate of drug-likeness (QED) is 0.150. The molecule has 1 saturated heterocycles. The number of ether oxygens (including phenoxy) is 3. The van der Waals surface area contributed by atoms with Crippen molar-refractivity contribution in [2.75, 3.05) is 40.0 Å². The minimum absolute atomic E-state index is 0.0322. The van der Waals surface area contributed by atoms with Crippen LogP contribution in [0, 0.1) is 6.92 Å². The van der Waals surface area contributed by atoms with Gasteiger partial charge in [0.25, 0.3) is 0 Å². The van der Waals surface area contributed by atoms with E-state index in [4.69, 9.17) is 18.6 Å². The van der Waals surface area contributed by atoms with E-state index in [1.165, 1.54) is 18.2 Å². The molecule has 2 heterocycles. The molecular weight excluding hydrogens is 618 g/mol. The van der Waals surface area contributed by atoms with E-state index < -0.39 is 12.1 Å². The van der Waals surface area contributed by atoms with E-state index in [1.54, 1.807) is 4.90 Å². The van der Waals surface area contributed by atoms with E-state index in [9.17, 15) is 9.59 Å². The average Bonchev–Trinajstić information content (AvgIpc) is 3.68. The van der Waals surface area contributed by atoms with Crippen molar-refractivity contribution in [1.82, 2.24) is 14.8 Å². The number of rotatable bonds is 10. The zero-order chi connectivity index (χ0) is 33.7. The average molecular weight is 658 g/mol. The number of amides is 1. The Hall–Kier alpha value is -5.41. The summed E-state index contributed by atoms with van der Waals surface area (Å²) in [6.07, 6.45) is 0.179. The van der Waals surface area contributed by atoms with Gasteiger partial charge in [0, 0.05) is 37.5 Å². The molecule has 1 aliphatic heterocycles. The number of nitrogens with zero attached hydrogens (tertiary/aromatic N) is 3. The highest BCUT2D eigenvalue weighted by atomic mass is 16.6. The summed E-state index contributed by atoms with van der Waals surface area (Å²) in [4.78, 5) is 34.6. The first-order chi connectivity index (χ1) is 24.0. The lowest BCUT2D eigenvalue weighted by atomic mass is 9.98. The lowest BCUT2D eigenvalue weighted by Gasteiger charge is -2.39. The number of aryl methyl sites for hydroxylation is 1. The largest absolute Gasteiger partial charge is 0.493 e.